The molecule has 9 heteroatoms. The molecule has 0 aromatic carbocycles. The van der Waals surface area contributed by atoms with Crippen molar-refractivity contribution in [2.24, 2.45) is 0 Å². The largest absolute Gasteiger partial charge is 0.356 e. The average molecular weight is 407 g/mol. The van der Waals surface area contributed by atoms with E-state index in [2.05, 4.69) is 32.3 Å². The van der Waals surface area contributed by atoms with Gasteiger partial charge in [-0.3, -0.25) is 4.68 Å². The molecule has 0 bridgehead atoms. The second kappa shape index (κ2) is 7.26. The Bertz CT molecular complexity index is 1050. The predicted octanol–water partition coefficient (Wildman–Crippen LogP) is 4.75. The van der Waals surface area contributed by atoms with E-state index in [1.54, 1.807) is 23.7 Å². The number of halogens is 2. The van der Waals surface area contributed by atoms with Crippen molar-refractivity contribution in [2.45, 2.75) is 26.4 Å². The predicted molar refractivity (Wildman–Crippen MR) is 106 cm³/mol. The molecule has 4 rings (SSSR count). The number of hydrogen-bond acceptors (Lipinski definition) is 5. The van der Waals surface area contributed by atoms with Gasteiger partial charge in [-0.2, -0.15) is 5.10 Å². The fourth-order valence-corrected chi connectivity index (χ4v) is 4.18. The van der Waals surface area contributed by atoms with E-state index in [1.165, 1.54) is 0 Å². The molecule has 0 radical (unpaired) electrons. The first kappa shape index (κ1) is 17.3. The molecular weight excluding hydrogens is 391 g/mol. The van der Waals surface area contributed by atoms with Gasteiger partial charge in [-0.1, -0.05) is 23.2 Å². The molecule has 4 aromatic rings. The van der Waals surface area contributed by atoms with Crippen molar-refractivity contribution >= 4 is 50.7 Å². The molecule has 0 spiro atoms. The molecule has 0 unspecified atom stereocenters. The first-order valence-electron chi connectivity index (χ1n) is 8.15. The first-order chi connectivity index (χ1) is 12.6. The number of anilines is 1. The monoisotopic (exact) mass is 406 g/mol. The highest BCUT2D eigenvalue weighted by molar-refractivity contribution is 7.16. The van der Waals surface area contributed by atoms with Crippen LogP contribution in [0, 0.1) is 0 Å². The highest BCUT2D eigenvalue weighted by Gasteiger charge is 2.13. The molecule has 0 aliphatic rings. The van der Waals surface area contributed by atoms with Gasteiger partial charge < -0.3 is 10.3 Å². The van der Waals surface area contributed by atoms with Crippen molar-refractivity contribution in [2.75, 3.05) is 5.32 Å². The van der Waals surface area contributed by atoms with Gasteiger partial charge in [0.1, 0.15) is 10.8 Å². The molecule has 0 amide bonds. The number of fused-ring (bicyclic) bond motifs is 1. The molecular formula is C17H16Cl2N6S. The van der Waals surface area contributed by atoms with E-state index in [1.807, 2.05) is 23.0 Å². The Kier molecular flexibility index (Phi) is 4.84. The summed E-state index contributed by atoms with van der Waals surface area (Å²) in [6.45, 7) is 3.56. The molecule has 0 fully saturated rings. The fraction of sp³-hybridized carbons (Fsp3) is 0.235. The normalized spacial score (nSPS) is 11.3. The second-order valence-electron chi connectivity index (χ2n) is 5.77. The summed E-state index contributed by atoms with van der Waals surface area (Å²) in [5.41, 5.74) is 3.02. The third-order valence-electron chi connectivity index (χ3n) is 4.11. The van der Waals surface area contributed by atoms with Crippen LogP contribution in [0.3, 0.4) is 0 Å². The Morgan fingerprint density at radius 2 is 2.23 bits per heavy atom. The lowest BCUT2D eigenvalue weighted by molar-refractivity contribution is 0.627. The van der Waals surface area contributed by atoms with Crippen molar-refractivity contribution in [1.29, 1.82) is 0 Å². The summed E-state index contributed by atoms with van der Waals surface area (Å²) < 4.78 is 1.95. The summed E-state index contributed by atoms with van der Waals surface area (Å²) in [6, 6.07) is 3.91. The molecule has 2 N–H and O–H groups in total. The van der Waals surface area contributed by atoms with E-state index < -0.39 is 0 Å². The number of aryl methyl sites for hydroxylation is 1. The molecule has 0 saturated carbocycles. The van der Waals surface area contributed by atoms with Gasteiger partial charge in [0.15, 0.2) is 5.13 Å². The Morgan fingerprint density at radius 1 is 1.35 bits per heavy atom. The van der Waals surface area contributed by atoms with Crippen LogP contribution in [0.25, 0.3) is 11.0 Å². The number of hydrogen-bond donors (Lipinski definition) is 2. The van der Waals surface area contributed by atoms with Crippen LogP contribution in [-0.2, 0) is 19.5 Å². The SMILES string of the molecule is CCn1nccc1CNc1nc(Cl)c(Cc2c[nH]c3ncc(Cl)cc23)s1. The van der Waals surface area contributed by atoms with Crippen LogP contribution in [-0.4, -0.2) is 24.7 Å². The van der Waals surface area contributed by atoms with E-state index >= 15 is 0 Å². The van der Waals surface area contributed by atoms with Crippen molar-refractivity contribution in [1.82, 2.24) is 24.7 Å². The lowest BCUT2D eigenvalue weighted by atomic mass is 10.1. The van der Waals surface area contributed by atoms with E-state index in [-0.39, 0.29) is 0 Å². The summed E-state index contributed by atoms with van der Waals surface area (Å²) in [7, 11) is 0. The zero-order valence-electron chi connectivity index (χ0n) is 14.0. The van der Waals surface area contributed by atoms with E-state index in [0.29, 0.717) is 23.1 Å². The zero-order chi connectivity index (χ0) is 18.1. The second-order valence-corrected chi connectivity index (χ2v) is 7.64. The third kappa shape index (κ3) is 3.42. The maximum Gasteiger partial charge on any atom is 0.184 e. The van der Waals surface area contributed by atoms with Crippen molar-refractivity contribution in [3.8, 4) is 0 Å². The lowest BCUT2D eigenvalue weighted by Gasteiger charge is -2.05. The highest BCUT2D eigenvalue weighted by atomic mass is 35.5. The van der Waals surface area contributed by atoms with Crippen LogP contribution < -0.4 is 5.32 Å². The molecule has 6 nitrogen and oxygen atoms in total. The molecule has 134 valence electrons. The number of H-pyrrole nitrogens is 1. The summed E-state index contributed by atoms with van der Waals surface area (Å²) in [5, 5.41) is 10.5. The van der Waals surface area contributed by atoms with Crippen LogP contribution in [0.5, 0.6) is 0 Å². The van der Waals surface area contributed by atoms with Gasteiger partial charge in [-0.05, 0) is 24.6 Å². The highest BCUT2D eigenvalue weighted by Crippen LogP contribution is 2.31. The van der Waals surface area contributed by atoms with Gasteiger partial charge in [0, 0.05) is 36.9 Å². The van der Waals surface area contributed by atoms with Crippen LogP contribution in [0.2, 0.25) is 10.2 Å². The minimum absolute atomic E-state index is 0.519. The number of thiazole rings is 1. The number of aromatic nitrogens is 5. The minimum atomic E-state index is 0.519. The molecule has 0 saturated heterocycles. The smallest absolute Gasteiger partial charge is 0.184 e. The Morgan fingerprint density at radius 3 is 3.08 bits per heavy atom. The third-order valence-corrected chi connectivity index (χ3v) is 5.75. The van der Waals surface area contributed by atoms with Gasteiger partial charge in [-0.15, -0.1) is 11.3 Å². The van der Waals surface area contributed by atoms with Crippen LogP contribution in [0.1, 0.15) is 23.1 Å². The van der Waals surface area contributed by atoms with Gasteiger partial charge >= 0.3 is 0 Å². The molecule has 0 aliphatic carbocycles. The summed E-state index contributed by atoms with van der Waals surface area (Å²) in [5.74, 6) is 0. The standard InChI is InChI=1S/C17H16Cl2N6S/c1-2-25-12(3-4-23-25)9-22-17-24-15(19)14(26-17)5-10-7-20-16-13(10)6-11(18)8-21-16/h3-4,6-8H,2,5,9H2,1H3,(H,20,21)(H,22,24). The quantitative estimate of drug-likeness (QED) is 0.484. The van der Waals surface area contributed by atoms with Crippen molar-refractivity contribution < 1.29 is 0 Å². The van der Waals surface area contributed by atoms with Gasteiger partial charge in [0.05, 0.1) is 22.1 Å². The van der Waals surface area contributed by atoms with Crippen molar-refractivity contribution in [3.63, 3.8) is 0 Å². The van der Waals surface area contributed by atoms with Gasteiger partial charge in [0.2, 0.25) is 0 Å². The Balaban J connectivity index is 1.52. The molecule has 0 atom stereocenters. The maximum atomic E-state index is 6.35. The lowest BCUT2D eigenvalue weighted by Crippen LogP contribution is -2.07. The van der Waals surface area contributed by atoms with Crippen LogP contribution in [0.15, 0.2) is 30.7 Å². The summed E-state index contributed by atoms with van der Waals surface area (Å²) >= 11 is 14.0. The molecule has 26 heavy (non-hydrogen) atoms. The minimum Gasteiger partial charge on any atom is -0.356 e. The zero-order valence-corrected chi connectivity index (χ0v) is 16.3. The van der Waals surface area contributed by atoms with Crippen LogP contribution in [0.4, 0.5) is 5.13 Å². The van der Waals surface area contributed by atoms with Crippen LogP contribution >= 0.6 is 34.5 Å². The van der Waals surface area contributed by atoms with Gasteiger partial charge in [-0.25, -0.2) is 9.97 Å². The average Bonchev–Trinajstić information content (AvgIpc) is 3.33. The molecule has 4 aromatic heterocycles. The molecule has 4 heterocycles. The Labute approximate surface area is 164 Å². The van der Waals surface area contributed by atoms with E-state index in [4.69, 9.17) is 23.2 Å². The number of nitrogens with one attached hydrogen (secondary N) is 2. The molecule has 0 aliphatic heterocycles. The number of pyridine rings is 1. The summed E-state index contributed by atoms with van der Waals surface area (Å²) in [6.07, 6.45) is 6.05. The number of rotatable bonds is 6. The van der Waals surface area contributed by atoms with Gasteiger partial charge in [0.25, 0.3) is 0 Å². The number of nitrogens with zero attached hydrogens (tertiary/aromatic N) is 4. The van der Waals surface area contributed by atoms with Crippen molar-refractivity contribution in [3.05, 3.63) is 57.0 Å². The van der Waals surface area contributed by atoms with E-state index in [0.717, 1.165) is 38.8 Å². The first-order valence-corrected chi connectivity index (χ1v) is 9.72. The maximum absolute atomic E-state index is 6.35. The number of aromatic amines is 1. The topological polar surface area (TPSA) is 71.4 Å². The fourth-order valence-electron chi connectivity index (χ4n) is 2.83. The summed E-state index contributed by atoms with van der Waals surface area (Å²) in [4.78, 5) is 12.9. The Hall–Kier alpha value is -2.09. The van der Waals surface area contributed by atoms with E-state index in [9.17, 15) is 0 Å².